The van der Waals surface area contributed by atoms with E-state index in [1.54, 1.807) is 0 Å². The number of carbonyl (C=O) groups is 1. The third-order valence-electron chi connectivity index (χ3n) is 4.00. The van der Waals surface area contributed by atoms with Crippen LogP contribution in [0.25, 0.3) is 0 Å². The summed E-state index contributed by atoms with van der Waals surface area (Å²) in [6, 6.07) is 15.1. The zero-order valence-electron chi connectivity index (χ0n) is 11.6. The van der Waals surface area contributed by atoms with Crippen LogP contribution in [0.2, 0.25) is 5.02 Å². The number of primary amides is 1. The molecule has 0 aromatic heterocycles. The highest BCUT2D eigenvalue weighted by Crippen LogP contribution is 2.36. The van der Waals surface area contributed by atoms with Gasteiger partial charge >= 0.3 is 0 Å². The van der Waals surface area contributed by atoms with Crippen molar-refractivity contribution in [2.45, 2.75) is 24.9 Å². The van der Waals surface area contributed by atoms with Gasteiger partial charge in [0.05, 0.1) is 0 Å². The van der Waals surface area contributed by atoms with Crippen LogP contribution < -0.4 is 11.1 Å². The summed E-state index contributed by atoms with van der Waals surface area (Å²) in [5.74, 6) is -0.364. The Bertz CT molecular complexity index is 657. The molecule has 0 fully saturated rings. The number of nitrogens with one attached hydrogen (secondary N) is 1. The summed E-state index contributed by atoms with van der Waals surface area (Å²) in [6.45, 7) is 0. The smallest absolute Gasteiger partial charge is 0.239 e. The number of hydrogen-bond acceptors (Lipinski definition) is 2. The maximum Gasteiger partial charge on any atom is 0.239 e. The Hall–Kier alpha value is -1.84. The molecule has 0 spiro atoms. The molecule has 2 aromatic carbocycles. The van der Waals surface area contributed by atoms with E-state index in [2.05, 4.69) is 11.4 Å². The Labute approximate surface area is 129 Å². The van der Waals surface area contributed by atoms with Crippen molar-refractivity contribution >= 4 is 17.5 Å². The number of benzene rings is 2. The van der Waals surface area contributed by atoms with Gasteiger partial charge in [-0.25, -0.2) is 0 Å². The van der Waals surface area contributed by atoms with Gasteiger partial charge in [0.15, 0.2) is 0 Å². The molecule has 1 aliphatic rings. The number of halogens is 1. The maximum atomic E-state index is 11.8. The quantitative estimate of drug-likeness (QED) is 0.911. The molecular weight excluding hydrogens is 284 g/mol. The van der Waals surface area contributed by atoms with E-state index in [4.69, 9.17) is 17.3 Å². The largest absolute Gasteiger partial charge is 0.368 e. The Morgan fingerprint density at radius 1 is 1.19 bits per heavy atom. The van der Waals surface area contributed by atoms with Gasteiger partial charge in [0.2, 0.25) is 5.91 Å². The minimum absolute atomic E-state index is 0.108. The predicted octanol–water partition coefficient (Wildman–Crippen LogP) is 3.14. The molecule has 0 bridgehead atoms. The molecule has 108 valence electrons. The van der Waals surface area contributed by atoms with Gasteiger partial charge in [-0.3, -0.25) is 10.1 Å². The second-order valence-corrected chi connectivity index (χ2v) is 5.72. The van der Waals surface area contributed by atoms with Gasteiger partial charge in [-0.15, -0.1) is 0 Å². The first kappa shape index (κ1) is 14.1. The first-order chi connectivity index (χ1) is 10.2. The van der Waals surface area contributed by atoms with Crippen molar-refractivity contribution in [3.8, 4) is 0 Å². The predicted molar refractivity (Wildman–Crippen MR) is 84.0 cm³/mol. The fraction of sp³-hybridized carbons (Fsp3) is 0.235. The molecule has 0 radical (unpaired) electrons. The summed E-state index contributed by atoms with van der Waals surface area (Å²) >= 11 is 6.23. The van der Waals surface area contributed by atoms with Crippen LogP contribution in [-0.4, -0.2) is 5.91 Å². The summed E-state index contributed by atoms with van der Waals surface area (Å²) in [5.41, 5.74) is 8.80. The molecular formula is C17H17ClN2O. The fourth-order valence-corrected chi connectivity index (χ4v) is 3.25. The number of carbonyl (C=O) groups excluding carboxylic acids is 1. The van der Waals surface area contributed by atoms with Crippen LogP contribution in [0.5, 0.6) is 0 Å². The van der Waals surface area contributed by atoms with Crippen LogP contribution in [-0.2, 0) is 11.2 Å². The van der Waals surface area contributed by atoms with E-state index < -0.39 is 6.04 Å². The SMILES string of the molecule is NC(=O)[C@H](N[C@H]1CCc2c(Cl)cccc21)c1ccccc1. The number of rotatable bonds is 4. The average molecular weight is 301 g/mol. The van der Waals surface area contributed by atoms with Crippen LogP contribution in [0.3, 0.4) is 0 Å². The van der Waals surface area contributed by atoms with Gasteiger partial charge in [-0.1, -0.05) is 54.1 Å². The van der Waals surface area contributed by atoms with E-state index in [-0.39, 0.29) is 11.9 Å². The maximum absolute atomic E-state index is 11.8. The Kier molecular flexibility index (Phi) is 3.95. The number of amides is 1. The zero-order valence-corrected chi connectivity index (χ0v) is 12.3. The molecule has 0 aliphatic heterocycles. The van der Waals surface area contributed by atoms with Crippen LogP contribution in [0.15, 0.2) is 48.5 Å². The van der Waals surface area contributed by atoms with E-state index in [1.807, 2.05) is 42.5 Å². The summed E-state index contributed by atoms with van der Waals surface area (Å²) < 4.78 is 0. The topological polar surface area (TPSA) is 55.1 Å². The lowest BCUT2D eigenvalue weighted by atomic mass is 10.0. The van der Waals surface area contributed by atoms with E-state index in [0.29, 0.717) is 0 Å². The van der Waals surface area contributed by atoms with Crippen molar-refractivity contribution in [3.05, 3.63) is 70.2 Å². The van der Waals surface area contributed by atoms with E-state index in [1.165, 1.54) is 11.1 Å². The summed E-state index contributed by atoms with van der Waals surface area (Å²) in [7, 11) is 0. The van der Waals surface area contributed by atoms with Crippen molar-refractivity contribution < 1.29 is 4.79 Å². The van der Waals surface area contributed by atoms with Gasteiger partial charge in [0.1, 0.15) is 6.04 Å². The summed E-state index contributed by atoms with van der Waals surface area (Å²) in [4.78, 5) is 11.8. The number of hydrogen-bond donors (Lipinski definition) is 2. The third-order valence-corrected chi connectivity index (χ3v) is 4.35. The van der Waals surface area contributed by atoms with Gasteiger partial charge in [-0.2, -0.15) is 0 Å². The van der Waals surface area contributed by atoms with E-state index in [9.17, 15) is 4.79 Å². The molecule has 3 rings (SSSR count). The third kappa shape index (κ3) is 2.80. The van der Waals surface area contributed by atoms with Crippen molar-refractivity contribution in [3.63, 3.8) is 0 Å². The highest BCUT2D eigenvalue weighted by molar-refractivity contribution is 6.31. The average Bonchev–Trinajstić information content (AvgIpc) is 2.90. The highest BCUT2D eigenvalue weighted by atomic mass is 35.5. The van der Waals surface area contributed by atoms with Crippen LogP contribution in [0.1, 0.15) is 35.2 Å². The van der Waals surface area contributed by atoms with Crippen molar-refractivity contribution in [1.29, 1.82) is 0 Å². The monoisotopic (exact) mass is 300 g/mol. The van der Waals surface area contributed by atoms with Crippen molar-refractivity contribution in [2.75, 3.05) is 0 Å². The number of nitrogens with two attached hydrogens (primary N) is 1. The molecule has 3 nitrogen and oxygen atoms in total. The van der Waals surface area contributed by atoms with Gasteiger partial charge < -0.3 is 5.73 Å². The van der Waals surface area contributed by atoms with Crippen LogP contribution >= 0.6 is 11.6 Å². The normalized spacial score (nSPS) is 18.2. The first-order valence-corrected chi connectivity index (χ1v) is 7.42. The molecule has 2 aromatic rings. The second-order valence-electron chi connectivity index (χ2n) is 5.31. The van der Waals surface area contributed by atoms with Crippen LogP contribution in [0.4, 0.5) is 0 Å². The molecule has 2 atom stereocenters. The molecule has 0 heterocycles. The van der Waals surface area contributed by atoms with Gasteiger partial charge in [0, 0.05) is 11.1 Å². The minimum Gasteiger partial charge on any atom is -0.368 e. The molecule has 1 amide bonds. The lowest BCUT2D eigenvalue weighted by Crippen LogP contribution is -2.35. The fourth-order valence-electron chi connectivity index (χ4n) is 2.97. The van der Waals surface area contributed by atoms with Gasteiger partial charge in [0.25, 0.3) is 0 Å². The Balaban J connectivity index is 1.87. The van der Waals surface area contributed by atoms with E-state index in [0.717, 1.165) is 23.4 Å². The molecule has 0 unspecified atom stereocenters. The lowest BCUT2D eigenvalue weighted by Gasteiger charge is -2.21. The zero-order chi connectivity index (χ0) is 14.8. The molecule has 0 saturated carbocycles. The molecule has 0 saturated heterocycles. The molecule has 21 heavy (non-hydrogen) atoms. The number of fused-ring (bicyclic) bond motifs is 1. The van der Waals surface area contributed by atoms with Crippen LogP contribution in [0, 0.1) is 0 Å². The highest BCUT2D eigenvalue weighted by Gasteiger charge is 2.28. The van der Waals surface area contributed by atoms with Crippen molar-refractivity contribution in [1.82, 2.24) is 5.32 Å². The molecule has 3 N–H and O–H groups in total. The standard InChI is InChI=1S/C17H17ClN2O/c18-14-8-4-7-13-12(14)9-10-15(13)20-16(17(19)21)11-5-2-1-3-6-11/h1-8,15-16,20H,9-10H2,(H2,19,21)/t15-,16+/m0/s1. The van der Waals surface area contributed by atoms with Gasteiger partial charge in [-0.05, 0) is 35.6 Å². The van der Waals surface area contributed by atoms with E-state index >= 15 is 0 Å². The lowest BCUT2D eigenvalue weighted by molar-refractivity contribution is -0.120. The van der Waals surface area contributed by atoms with Crippen molar-refractivity contribution in [2.24, 2.45) is 5.73 Å². The molecule has 1 aliphatic carbocycles. The second kappa shape index (κ2) is 5.88. The Morgan fingerprint density at radius 3 is 2.67 bits per heavy atom. The minimum atomic E-state index is -0.485. The Morgan fingerprint density at radius 2 is 1.95 bits per heavy atom. The first-order valence-electron chi connectivity index (χ1n) is 7.04. The molecule has 4 heteroatoms. The summed E-state index contributed by atoms with van der Waals surface area (Å²) in [6.07, 6.45) is 1.85. The summed E-state index contributed by atoms with van der Waals surface area (Å²) in [5, 5.41) is 4.18.